The van der Waals surface area contributed by atoms with Crippen molar-refractivity contribution < 1.29 is 13.2 Å². The van der Waals surface area contributed by atoms with Crippen molar-refractivity contribution in [2.45, 2.75) is 50.1 Å². The van der Waals surface area contributed by atoms with Crippen molar-refractivity contribution in [3.63, 3.8) is 0 Å². The summed E-state index contributed by atoms with van der Waals surface area (Å²) < 4.78 is 34.3. The van der Waals surface area contributed by atoms with Gasteiger partial charge >= 0.3 is 0 Å². The summed E-state index contributed by atoms with van der Waals surface area (Å²) >= 11 is 0. The van der Waals surface area contributed by atoms with Gasteiger partial charge in [0, 0.05) is 19.3 Å². The van der Waals surface area contributed by atoms with Crippen LogP contribution in [0.1, 0.15) is 38.4 Å². The van der Waals surface area contributed by atoms with E-state index >= 15 is 0 Å². The standard InChI is InChI=1S/C12H21N3O3S/c1-9(2)15-7-11(10(3)13-15)19(16,17)14-12(5-6-12)8-18-4/h7,9,14H,5-6,8H2,1-4H3. The SMILES string of the molecule is COCC1(NS(=O)(=O)c2cn(C(C)C)nc2C)CC1. The van der Waals surface area contributed by atoms with Gasteiger partial charge < -0.3 is 4.74 Å². The van der Waals surface area contributed by atoms with Crippen LogP contribution in [0, 0.1) is 6.92 Å². The number of nitrogens with one attached hydrogen (secondary N) is 1. The summed E-state index contributed by atoms with van der Waals surface area (Å²) in [5, 5.41) is 4.24. The fourth-order valence-electron chi connectivity index (χ4n) is 2.04. The second-order valence-electron chi connectivity index (χ2n) is 5.47. The van der Waals surface area contributed by atoms with Crippen LogP contribution in [0.4, 0.5) is 0 Å². The van der Waals surface area contributed by atoms with E-state index in [-0.39, 0.29) is 10.9 Å². The van der Waals surface area contributed by atoms with Crippen molar-refractivity contribution in [1.29, 1.82) is 0 Å². The number of aryl methyl sites for hydroxylation is 1. The first kappa shape index (κ1) is 14.5. The van der Waals surface area contributed by atoms with Crippen molar-refractivity contribution in [3.8, 4) is 0 Å². The van der Waals surface area contributed by atoms with E-state index in [1.165, 1.54) is 0 Å². The molecule has 7 heteroatoms. The molecule has 0 bridgehead atoms. The summed E-state index contributed by atoms with van der Waals surface area (Å²) in [6.45, 7) is 6.04. The number of sulfonamides is 1. The van der Waals surface area contributed by atoms with E-state index in [0.29, 0.717) is 12.3 Å². The Labute approximate surface area is 114 Å². The molecule has 0 aromatic carbocycles. The van der Waals surface area contributed by atoms with Gasteiger partial charge in [0.2, 0.25) is 10.0 Å². The van der Waals surface area contributed by atoms with E-state index in [1.807, 2.05) is 13.8 Å². The van der Waals surface area contributed by atoms with Crippen molar-refractivity contribution >= 4 is 10.0 Å². The summed E-state index contributed by atoms with van der Waals surface area (Å²) in [4.78, 5) is 0.253. The van der Waals surface area contributed by atoms with E-state index in [0.717, 1.165) is 12.8 Å². The number of nitrogens with zero attached hydrogens (tertiary/aromatic N) is 2. The fourth-order valence-corrected chi connectivity index (χ4v) is 3.66. The van der Waals surface area contributed by atoms with Crippen LogP contribution >= 0.6 is 0 Å². The lowest BCUT2D eigenvalue weighted by Crippen LogP contribution is -2.40. The lowest BCUT2D eigenvalue weighted by molar-refractivity contribution is 0.167. The molecule has 0 unspecified atom stereocenters. The summed E-state index contributed by atoms with van der Waals surface area (Å²) in [6, 6.07) is 0.136. The van der Waals surface area contributed by atoms with Gasteiger partial charge in [-0.3, -0.25) is 4.68 Å². The quantitative estimate of drug-likeness (QED) is 0.854. The minimum absolute atomic E-state index is 0.136. The number of ether oxygens (including phenoxy) is 1. The lowest BCUT2D eigenvalue weighted by Gasteiger charge is -2.15. The van der Waals surface area contributed by atoms with Gasteiger partial charge in [0.05, 0.1) is 17.8 Å². The van der Waals surface area contributed by atoms with E-state index in [9.17, 15) is 8.42 Å². The fraction of sp³-hybridized carbons (Fsp3) is 0.750. The zero-order chi connectivity index (χ0) is 14.3. The number of hydrogen-bond acceptors (Lipinski definition) is 4. The highest BCUT2D eigenvalue weighted by atomic mass is 32.2. The smallest absolute Gasteiger partial charge is 0.244 e. The average Bonchev–Trinajstić information content (AvgIpc) is 2.89. The molecule has 1 saturated carbocycles. The molecule has 0 amide bonds. The van der Waals surface area contributed by atoms with Crippen LogP contribution in [0.3, 0.4) is 0 Å². The summed E-state index contributed by atoms with van der Waals surface area (Å²) in [6.07, 6.45) is 3.22. The highest BCUT2D eigenvalue weighted by Gasteiger charge is 2.46. The van der Waals surface area contributed by atoms with Crippen LogP contribution in [0.15, 0.2) is 11.1 Å². The molecule has 1 heterocycles. The molecule has 0 radical (unpaired) electrons. The average molecular weight is 287 g/mol. The van der Waals surface area contributed by atoms with Crippen LogP contribution < -0.4 is 4.72 Å². The minimum atomic E-state index is -3.53. The molecular formula is C12H21N3O3S. The molecule has 108 valence electrons. The maximum Gasteiger partial charge on any atom is 0.244 e. The van der Waals surface area contributed by atoms with E-state index in [2.05, 4.69) is 9.82 Å². The largest absolute Gasteiger partial charge is 0.383 e. The third-order valence-corrected chi connectivity index (χ3v) is 5.00. The predicted octanol–water partition coefficient (Wildman–Crippen LogP) is 1.23. The van der Waals surface area contributed by atoms with Gasteiger partial charge in [-0.2, -0.15) is 5.10 Å². The van der Waals surface area contributed by atoms with Gasteiger partial charge in [-0.05, 0) is 33.6 Å². The Hall–Kier alpha value is -0.920. The Balaban J connectivity index is 2.25. The second kappa shape index (κ2) is 4.88. The zero-order valence-electron chi connectivity index (χ0n) is 11.8. The molecule has 1 aromatic heterocycles. The van der Waals surface area contributed by atoms with Crippen LogP contribution in [0.2, 0.25) is 0 Å². The summed E-state index contributed by atoms with van der Waals surface area (Å²) in [7, 11) is -1.95. The molecule has 0 saturated heterocycles. The number of aromatic nitrogens is 2. The number of methoxy groups -OCH3 is 1. The lowest BCUT2D eigenvalue weighted by atomic mass is 10.3. The van der Waals surface area contributed by atoms with Crippen molar-refractivity contribution in [3.05, 3.63) is 11.9 Å². The van der Waals surface area contributed by atoms with Gasteiger partial charge in [-0.25, -0.2) is 13.1 Å². The topological polar surface area (TPSA) is 73.2 Å². The molecular weight excluding hydrogens is 266 g/mol. The zero-order valence-corrected chi connectivity index (χ0v) is 12.6. The molecule has 1 fully saturated rings. The van der Waals surface area contributed by atoms with Gasteiger partial charge in [0.1, 0.15) is 4.90 Å². The van der Waals surface area contributed by atoms with E-state index in [1.54, 1.807) is 24.9 Å². The predicted molar refractivity (Wildman–Crippen MR) is 71.5 cm³/mol. The molecule has 0 atom stereocenters. The van der Waals surface area contributed by atoms with E-state index in [4.69, 9.17) is 4.74 Å². The van der Waals surface area contributed by atoms with E-state index < -0.39 is 15.6 Å². The highest BCUT2D eigenvalue weighted by Crippen LogP contribution is 2.37. The third kappa shape index (κ3) is 2.98. The van der Waals surface area contributed by atoms with Crippen molar-refractivity contribution in [2.24, 2.45) is 0 Å². The maximum absolute atomic E-state index is 12.4. The first-order valence-electron chi connectivity index (χ1n) is 6.38. The Kier molecular flexibility index (Phi) is 3.72. The molecule has 0 spiro atoms. The van der Waals surface area contributed by atoms with Crippen LogP contribution in [0.25, 0.3) is 0 Å². The maximum atomic E-state index is 12.4. The Morgan fingerprint density at radius 3 is 2.58 bits per heavy atom. The van der Waals surface area contributed by atoms with Crippen molar-refractivity contribution in [2.75, 3.05) is 13.7 Å². The second-order valence-corrected chi connectivity index (χ2v) is 7.12. The Morgan fingerprint density at radius 2 is 2.16 bits per heavy atom. The number of hydrogen-bond donors (Lipinski definition) is 1. The molecule has 1 aromatic rings. The molecule has 1 aliphatic carbocycles. The summed E-state index contributed by atoms with van der Waals surface area (Å²) in [5.41, 5.74) is 0.106. The van der Waals surface area contributed by atoms with Gasteiger partial charge in [-0.15, -0.1) is 0 Å². The third-order valence-electron chi connectivity index (χ3n) is 3.32. The van der Waals surface area contributed by atoms with Crippen LogP contribution in [-0.2, 0) is 14.8 Å². The first-order valence-corrected chi connectivity index (χ1v) is 7.87. The molecule has 2 rings (SSSR count). The number of rotatable bonds is 6. The molecule has 1 N–H and O–H groups in total. The van der Waals surface area contributed by atoms with Gasteiger partial charge in [-0.1, -0.05) is 0 Å². The van der Waals surface area contributed by atoms with Crippen LogP contribution in [-0.4, -0.2) is 37.5 Å². The monoisotopic (exact) mass is 287 g/mol. The first-order chi connectivity index (χ1) is 8.80. The molecule has 6 nitrogen and oxygen atoms in total. The Morgan fingerprint density at radius 1 is 1.53 bits per heavy atom. The Bertz CT molecular complexity index is 559. The molecule has 19 heavy (non-hydrogen) atoms. The molecule has 0 aliphatic heterocycles. The van der Waals surface area contributed by atoms with Crippen LogP contribution in [0.5, 0.6) is 0 Å². The summed E-state index contributed by atoms with van der Waals surface area (Å²) in [5.74, 6) is 0. The van der Waals surface area contributed by atoms with Gasteiger partial charge in [0.25, 0.3) is 0 Å². The van der Waals surface area contributed by atoms with Crippen molar-refractivity contribution in [1.82, 2.24) is 14.5 Å². The highest BCUT2D eigenvalue weighted by molar-refractivity contribution is 7.89. The molecule has 1 aliphatic rings. The van der Waals surface area contributed by atoms with Gasteiger partial charge in [0.15, 0.2) is 0 Å². The normalized spacial score (nSPS) is 17.9. The minimum Gasteiger partial charge on any atom is -0.383 e.